The largest absolute Gasteiger partial charge is 0.379 e. The van der Waals surface area contributed by atoms with E-state index in [1.54, 1.807) is 42.2 Å². The van der Waals surface area contributed by atoms with Gasteiger partial charge in [-0.1, -0.05) is 0 Å². The van der Waals surface area contributed by atoms with Crippen molar-refractivity contribution in [2.75, 3.05) is 33.3 Å². The fourth-order valence-corrected chi connectivity index (χ4v) is 3.06. The fraction of sp³-hybridized carbons (Fsp3) is 0.476. The van der Waals surface area contributed by atoms with Crippen LogP contribution in [0.25, 0.3) is 11.5 Å². The number of nitrogens with zero attached hydrogens (tertiary/aromatic N) is 6. The summed E-state index contributed by atoms with van der Waals surface area (Å²) in [4.78, 5) is 41.7. The molecule has 11 nitrogen and oxygen atoms in total. The summed E-state index contributed by atoms with van der Waals surface area (Å²) in [5.74, 6) is 0.0877. The zero-order valence-electron chi connectivity index (χ0n) is 19.0. The zero-order chi connectivity index (χ0) is 23.5. The number of aromatic amines is 1. The van der Waals surface area contributed by atoms with Crippen LogP contribution >= 0.6 is 0 Å². The van der Waals surface area contributed by atoms with Gasteiger partial charge in [0.2, 0.25) is 12.4 Å². The van der Waals surface area contributed by atoms with Gasteiger partial charge in [0, 0.05) is 39.5 Å². The molecule has 32 heavy (non-hydrogen) atoms. The maximum Gasteiger partial charge on any atom is 0.276 e. The van der Waals surface area contributed by atoms with Crippen LogP contribution in [0.1, 0.15) is 36.8 Å². The highest BCUT2D eigenvalue weighted by molar-refractivity contribution is 5.95. The van der Waals surface area contributed by atoms with Crippen LogP contribution in [0.5, 0.6) is 0 Å². The number of fused-ring (bicyclic) bond motifs is 1. The third-order valence-corrected chi connectivity index (χ3v) is 5.19. The van der Waals surface area contributed by atoms with Crippen molar-refractivity contribution in [3.05, 3.63) is 46.1 Å². The van der Waals surface area contributed by atoms with Gasteiger partial charge in [-0.3, -0.25) is 19.4 Å². The van der Waals surface area contributed by atoms with Crippen LogP contribution in [0.15, 0.2) is 29.3 Å². The first-order chi connectivity index (χ1) is 15.1. The second-order valence-electron chi connectivity index (χ2n) is 8.42. The van der Waals surface area contributed by atoms with Gasteiger partial charge in [-0.25, -0.2) is 9.20 Å². The number of aromatic nitrogens is 5. The second-order valence-corrected chi connectivity index (χ2v) is 8.42. The summed E-state index contributed by atoms with van der Waals surface area (Å²) in [6.07, 6.45) is 3.94. The van der Waals surface area contributed by atoms with E-state index in [0.29, 0.717) is 43.0 Å². The van der Waals surface area contributed by atoms with Crippen molar-refractivity contribution < 1.29 is 14.3 Å². The third kappa shape index (κ3) is 5.05. The van der Waals surface area contributed by atoms with Crippen molar-refractivity contribution in [3.63, 3.8) is 0 Å². The number of hydrogen-bond donors (Lipinski definition) is 1. The first kappa shape index (κ1) is 23.2. The van der Waals surface area contributed by atoms with Gasteiger partial charge >= 0.3 is 0 Å². The molecule has 0 aromatic carbocycles. The number of H-pyrrole nitrogens is 1. The number of piperazine rings is 1. The maximum atomic E-state index is 12.8. The molecule has 2 amide bonds. The van der Waals surface area contributed by atoms with Crippen molar-refractivity contribution >= 4 is 17.8 Å². The molecule has 0 aliphatic carbocycles. The van der Waals surface area contributed by atoms with Gasteiger partial charge in [-0.2, -0.15) is 5.10 Å². The number of hydrogen-bond acceptors (Lipinski definition) is 6. The van der Waals surface area contributed by atoms with Gasteiger partial charge in [0.25, 0.3) is 11.5 Å². The molecule has 0 atom stereocenters. The van der Waals surface area contributed by atoms with E-state index in [-0.39, 0.29) is 23.0 Å². The van der Waals surface area contributed by atoms with Crippen LogP contribution in [-0.4, -0.2) is 85.4 Å². The smallest absolute Gasteiger partial charge is 0.276 e. The molecule has 4 rings (SSSR count). The lowest BCUT2D eigenvalue weighted by molar-refractivity contribution is -0.119. The number of methoxy groups -OCH3 is 1. The first-order valence-corrected chi connectivity index (χ1v) is 10.3. The molecule has 0 bridgehead atoms. The SMILES string of the molecule is COC(C)(C)C.Cc1c(C(=O)N2CCN(C=O)CC2)cnn1-c1nn2cccc2c(=O)[nH]1. The Labute approximate surface area is 185 Å². The molecule has 1 N–H and O–H groups in total. The van der Waals surface area contributed by atoms with Gasteiger partial charge in [-0.05, 0) is 39.8 Å². The van der Waals surface area contributed by atoms with E-state index in [1.165, 1.54) is 15.4 Å². The summed E-state index contributed by atoms with van der Waals surface area (Å²) in [6, 6.07) is 3.39. The predicted octanol–water partition coefficient (Wildman–Crippen LogP) is 0.862. The molecular weight excluding hydrogens is 414 g/mol. The molecule has 172 valence electrons. The minimum absolute atomic E-state index is 0.0417. The minimum atomic E-state index is -0.284. The maximum absolute atomic E-state index is 12.8. The van der Waals surface area contributed by atoms with Crippen molar-refractivity contribution in [3.8, 4) is 5.95 Å². The standard InChI is InChI=1S/C16H17N7O3.C5H12O/c1-11-12(15(26)21-7-5-20(10-24)6-8-21)9-17-23(11)16-18-14(25)13-3-2-4-22(13)19-16;1-5(2,3)6-4/h2-4,9-10H,5-8H2,1H3,(H,18,19,25);1-4H3. The first-order valence-electron chi connectivity index (χ1n) is 10.3. The Hall–Kier alpha value is -3.47. The molecule has 0 spiro atoms. The van der Waals surface area contributed by atoms with E-state index in [0.717, 1.165) is 6.41 Å². The molecule has 3 aromatic rings. The van der Waals surface area contributed by atoms with Crippen molar-refractivity contribution in [2.45, 2.75) is 33.3 Å². The quantitative estimate of drug-likeness (QED) is 0.600. The van der Waals surface area contributed by atoms with Crippen LogP contribution in [0, 0.1) is 6.92 Å². The Kier molecular flexibility index (Phi) is 6.78. The summed E-state index contributed by atoms with van der Waals surface area (Å²) < 4.78 is 7.85. The Balaban J connectivity index is 0.000000427. The Bertz CT molecular complexity index is 1150. The van der Waals surface area contributed by atoms with Crippen molar-refractivity contribution in [1.29, 1.82) is 0 Å². The van der Waals surface area contributed by atoms with E-state index in [9.17, 15) is 14.4 Å². The molecule has 1 aliphatic rings. The minimum Gasteiger partial charge on any atom is -0.379 e. The zero-order valence-corrected chi connectivity index (χ0v) is 19.0. The van der Waals surface area contributed by atoms with E-state index >= 15 is 0 Å². The normalized spacial score (nSPS) is 14.3. The molecule has 1 saturated heterocycles. The topological polar surface area (TPSA) is 118 Å². The molecule has 1 aliphatic heterocycles. The average molecular weight is 444 g/mol. The third-order valence-electron chi connectivity index (χ3n) is 5.19. The highest BCUT2D eigenvalue weighted by Gasteiger charge is 2.25. The average Bonchev–Trinajstić information content (AvgIpc) is 3.40. The highest BCUT2D eigenvalue weighted by Crippen LogP contribution is 2.14. The van der Waals surface area contributed by atoms with Crippen LogP contribution in [0.3, 0.4) is 0 Å². The van der Waals surface area contributed by atoms with Gasteiger partial charge in [0.1, 0.15) is 5.52 Å². The molecule has 0 saturated carbocycles. The van der Waals surface area contributed by atoms with Gasteiger partial charge in [0.15, 0.2) is 0 Å². The Morgan fingerprint density at radius 3 is 2.47 bits per heavy atom. The van der Waals surface area contributed by atoms with Crippen LogP contribution in [0.4, 0.5) is 0 Å². The number of nitrogens with one attached hydrogen (secondary N) is 1. The number of ether oxygens (including phenoxy) is 1. The van der Waals surface area contributed by atoms with E-state index in [4.69, 9.17) is 4.74 Å². The van der Waals surface area contributed by atoms with E-state index < -0.39 is 0 Å². The molecule has 0 radical (unpaired) electrons. The number of carbonyl (C=O) groups excluding carboxylic acids is 2. The van der Waals surface area contributed by atoms with Gasteiger partial charge in [-0.15, -0.1) is 5.10 Å². The second kappa shape index (κ2) is 9.35. The van der Waals surface area contributed by atoms with Crippen molar-refractivity contribution in [1.82, 2.24) is 34.2 Å². The summed E-state index contributed by atoms with van der Waals surface area (Å²) in [7, 11) is 1.71. The Morgan fingerprint density at radius 2 is 1.88 bits per heavy atom. The summed E-state index contributed by atoms with van der Waals surface area (Å²) in [5, 5.41) is 8.55. The molecule has 4 heterocycles. The van der Waals surface area contributed by atoms with Crippen LogP contribution in [0.2, 0.25) is 0 Å². The fourth-order valence-electron chi connectivity index (χ4n) is 3.06. The van der Waals surface area contributed by atoms with E-state index in [2.05, 4.69) is 15.2 Å². The number of rotatable bonds is 3. The lowest BCUT2D eigenvalue weighted by atomic mass is 10.2. The monoisotopic (exact) mass is 443 g/mol. The van der Waals surface area contributed by atoms with Crippen molar-refractivity contribution in [2.24, 2.45) is 0 Å². The summed E-state index contributed by atoms with van der Waals surface area (Å²) in [6.45, 7) is 9.80. The number of carbonyl (C=O) groups is 2. The summed E-state index contributed by atoms with van der Waals surface area (Å²) >= 11 is 0. The van der Waals surface area contributed by atoms with E-state index in [1.807, 2.05) is 20.8 Å². The molecule has 0 unspecified atom stereocenters. The molecule has 1 fully saturated rings. The molecular formula is C21H29N7O4. The van der Waals surface area contributed by atoms with Gasteiger partial charge < -0.3 is 14.5 Å². The van der Waals surface area contributed by atoms with Crippen LogP contribution < -0.4 is 5.56 Å². The summed E-state index contributed by atoms with van der Waals surface area (Å²) in [5.41, 5.74) is 1.22. The van der Waals surface area contributed by atoms with Crippen LogP contribution in [-0.2, 0) is 9.53 Å². The molecule has 11 heteroatoms. The molecule has 3 aromatic heterocycles. The number of amides is 2. The Morgan fingerprint density at radius 1 is 1.22 bits per heavy atom. The lowest BCUT2D eigenvalue weighted by Crippen LogP contribution is -2.48. The lowest BCUT2D eigenvalue weighted by Gasteiger charge is -2.32. The highest BCUT2D eigenvalue weighted by atomic mass is 16.5. The van der Waals surface area contributed by atoms with Gasteiger partial charge in [0.05, 0.1) is 23.1 Å². The predicted molar refractivity (Wildman–Crippen MR) is 118 cm³/mol.